The Morgan fingerprint density at radius 3 is 2.76 bits per heavy atom. The van der Waals surface area contributed by atoms with E-state index in [2.05, 4.69) is 26.0 Å². The highest BCUT2D eigenvalue weighted by Crippen LogP contribution is 2.66. The first-order valence-corrected chi connectivity index (χ1v) is 9.52. The van der Waals surface area contributed by atoms with Crippen molar-refractivity contribution in [3.05, 3.63) is 35.4 Å². The van der Waals surface area contributed by atoms with Gasteiger partial charge >= 0.3 is 0 Å². The van der Waals surface area contributed by atoms with E-state index in [0.717, 1.165) is 32.1 Å². The fourth-order valence-corrected chi connectivity index (χ4v) is 6.08. The second-order valence-corrected chi connectivity index (χ2v) is 8.79. The van der Waals surface area contributed by atoms with Crippen molar-refractivity contribution >= 4 is 11.4 Å². The van der Waals surface area contributed by atoms with Gasteiger partial charge < -0.3 is 10.2 Å². The van der Waals surface area contributed by atoms with E-state index in [9.17, 15) is 15.0 Å². The van der Waals surface area contributed by atoms with Crippen molar-refractivity contribution in [2.24, 2.45) is 22.7 Å². The number of Topliss-reactive ketones (excluding diaryl/α,β-unsaturated/α-hetero) is 1. The smallest absolute Gasteiger partial charge is 0.167 e. The molecule has 3 aliphatic carbocycles. The van der Waals surface area contributed by atoms with E-state index in [1.807, 2.05) is 6.07 Å². The van der Waals surface area contributed by atoms with Gasteiger partial charge in [-0.05, 0) is 85.1 Å². The van der Waals surface area contributed by atoms with Crippen LogP contribution in [-0.2, 0) is 11.2 Å². The first-order chi connectivity index (χ1) is 11.8. The van der Waals surface area contributed by atoms with Crippen LogP contribution in [0.2, 0.25) is 0 Å². The van der Waals surface area contributed by atoms with E-state index in [4.69, 9.17) is 0 Å². The summed E-state index contributed by atoms with van der Waals surface area (Å²) in [5, 5.41) is 19.7. The molecular weight excluding hydrogens is 312 g/mol. The summed E-state index contributed by atoms with van der Waals surface area (Å²) in [6.07, 6.45) is 6.34. The van der Waals surface area contributed by atoms with Crippen molar-refractivity contribution in [1.29, 1.82) is 0 Å². The number of carbonyl (C=O) groups is 1. The number of ketones is 1. The molecule has 0 radical (unpaired) electrons. The van der Waals surface area contributed by atoms with E-state index < -0.39 is 11.5 Å². The Hall–Kier alpha value is -1.61. The van der Waals surface area contributed by atoms with Crippen LogP contribution in [-0.4, -0.2) is 22.1 Å². The van der Waals surface area contributed by atoms with E-state index in [1.165, 1.54) is 16.7 Å². The van der Waals surface area contributed by atoms with Gasteiger partial charge in [0.05, 0.1) is 0 Å². The number of phenols is 1. The highest BCUT2D eigenvalue weighted by atomic mass is 16.3. The Kier molecular flexibility index (Phi) is 3.66. The number of aliphatic hydroxyl groups excluding tert-OH is 1. The van der Waals surface area contributed by atoms with Crippen LogP contribution in [0.4, 0.5) is 0 Å². The quantitative estimate of drug-likeness (QED) is 0.851. The minimum Gasteiger partial charge on any atom is -0.508 e. The lowest BCUT2D eigenvalue weighted by Gasteiger charge is -2.50. The van der Waals surface area contributed by atoms with E-state index in [1.54, 1.807) is 13.0 Å². The number of fused-ring (bicyclic) bond motifs is 5. The van der Waals surface area contributed by atoms with Crippen LogP contribution in [0.5, 0.6) is 5.75 Å². The van der Waals surface area contributed by atoms with Crippen LogP contribution in [0, 0.1) is 22.7 Å². The maximum atomic E-state index is 12.8. The molecule has 0 aromatic heterocycles. The minimum absolute atomic E-state index is 0.00971. The fourth-order valence-electron chi connectivity index (χ4n) is 6.08. The molecule has 2 N–H and O–H groups in total. The fraction of sp³-hybridized carbons (Fsp3) is 0.591. The van der Waals surface area contributed by atoms with Gasteiger partial charge in [-0.3, -0.25) is 4.79 Å². The molecule has 0 heterocycles. The first kappa shape index (κ1) is 16.8. The van der Waals surface area contributed by atoms with Gasteiger partial charge in [-0.15, -0.1) is 0 Å². The van der Waals surface area contributed by atoms with E-state index in [-0.39, 0.29) is 11.2 Å². The lowest BCUT2D eigenvalue weighted by Crippen LogP contribution is -2.49. The van der Waals surface area contributed by atoms with Crippen molar-refractivity contribution in [2.75, 3.05) is 0 Å². The van der Waals surface area contributed by atoms with Crippen LogP contribution in [0.1, 0.15) is 57.6 Å². The number of rotatable bonds is 2. The predicted octanol–water partition coefficient (Wildman–Crippen LogP) is 4.11. The number of benzene rings is 1. The third kappa shape index (κ3) is 2.18. The van der Waals surface area contributed by atoms with Gasteiger partial charge in [-0.1, -0.05) is 26.0 Å². The molecule has 3 nitrogen and oxygen atoms in total. The summed E-state index contributed by atoms with van der Waals surface area (Å²) in [6.45, 7) is 5.96. The number of carbonyl (C=O) groups excluding carboxylic acids is 1. The molecule has 25 heavy (non-hydrogen) atoms. The Balaban J connectivity index is 1.76. The molecule has 0 aliphatic heterocycles. The zero-order chi connectivity index (χ0) is 18.0. The average molecular weight is 340 g/mol. The van der Waals surface area contributed by atoms with Gasteiger partial charge in [0.25, 0.3) is 0 Å². The largest absolute Gasteiger partial charge is 0.508 e. The Labute approximate surface area is 149 Å². The molecule has 1 fully saturated rings. The number of hydrogen-bond donors (Lipinski definition) is 2. The SMILES string of the molecule is C[C@H](O)C(=O)[C@@]1(C)CC[C@H]2[C@@H]3CCc4cc(O)ccc4C3=CC[C@@]21C. The van der Waals surface area contributed by atoms with Crippen LogP contribution < -0.4 is 0 Å². The molecule has 3 heteroatoms. The number of aliphatic hydroxyl groups is 1. The standard InChI is InChI=1S/C22H28O3/c1-13(23)20(25)22(3)11-9-19-18-6-4-14-12-15(24)5-7-16(14)17(18)8-10-21(19,22)2/h5,7-8,12-13,18-19,23-24H,4,6,9-11H2,1-3H3/t13-,18+,19-,21-,22+/m0/s1. The Bertz CT molecular complexity index is 763. The minimum atomic E-state index is -0.888. The van der Waals surface area contributed by atoms with Crippen molar-refractivity contribution in [3.63, 3.8) is 0 Å². The molecule has 0 saturated heterocycles. The van der Waals surface area contributed by atoms with E-state index in [0.29, 0.717) is 17.6 Å². The molecule has 5 atom stereocenters. The van der Waals surface area contributed by atoms with Crippen LogP contribution in [0.15, 0.2) is 24.3 Å². The molecule has 0 amide bonds. The third-order valence-electron chi connectivity index (χ3n) is 7.71. The molecule has 4 rings (SSSR count). The van der Waals surface area contributed by atoms with Crippen molar-refractivity contribution in [1.82, 2.24) is 0 Å². The van der Waals surface area contributed by atoms with Crippen molar-refractivity contribution < 1.29 is 15.0 Å². The van der Waals surface area contributed by atoms with Crippen molar-refractivity contribution in [3.8, 4) is 5.75 Å². The van der Waals surface area contributed by atoms with Crippen LogP contribution in [0.3, 0.4) is 0 Å². The molecule has 1 saturated carbocycles. The van der Waals surface area contributed by atoms with Crippen LogP contribution in [0.25, 0.3) is 5.57 Å². The van der Waals surface area contributed by atoms with Gasteiger partial charge in [0.15, 0.2) is 5.78 Å². The topological polar surface area (TPSA) is 57.5 Å². The zero-order valence-corrected chi connectivity index (χ0v) is 15.4. The summed E-state index contributed by atoms with van der Waals surface area (Å²) in [4.78, 5) is 12.8. The summed E-state index contributed by atoms with van der Waals surface area (Å²) in [6, 6.07) is 5.74. The third-order valence-corrected chi connectivity index (χ3v) is 7.71. The molecule has 0 spiro atoms. The lowest BCUT2D eigenvalue weighted by atomic mass is 9.53. The summed E-state index contributed by atoms with van der Waals surface area (Å²) in [7, 11) is 0. The van der Waals surface area contributed by atoms with Gasteiger partial charge in [0.2, 0.25) is 0 Å². The summed E-state index contributed by atoms with van der Waals surface area (Å²) >= 11 is 0. The molecule has 1 aromatic rings. The Morgan fingerprint density at radius 1 is 1.28 bits per heavy atom. The molecule has 1 aromatic carbocycles. The average Bonchev–Trinajstić information content (AvgIpc) is 2.86. The second kappa shape index (κ2) is 5.44. The maximum Gasteiger partial charge on any atom is 0.167 e. The van der Waals surface area contributed by atoms with Crippen molar-refractivity contribution in [2.45, 2.75) is 59.0 Å². The molecule has 3 aliphatic rings. The number of aryl methyl sites for hydroxylation is 1. The lowest BCUT2D eigenvalue weighted by molar-refractivity contribution is -0.143. The highest BCUT2D eigenvalue weighted by Gasteiger charge is 2.61. The van der Waals surface area contributed by atoms with Gasteiger partial charge in [-0.2, -0.15) is 0 Å². The molecule has 0 bridgehead atoms. The number of hydrogen-bond acceptors (Lipinski definition) is 3. The zero-order valence-electron chi connectivity index (χ0n) is 15.4. The monoisotopic (exact) mass is 340 g/mol. The molecular formula is C22H28O3. The molecule has 0 unspecified atom stereocenters. The summed E-state index contributed by atoms with van der Waals surface area (Å²) in [5.41, 5.74) is 3.42. The van der Waals surface area contributed by atoms with Crippen LogP contribution >= 0.6 is 0 Å². The highest BCUT2D eigenvalue weighted by molar-refractivity contribution is 5.89. The van der Waals surface area contributed by atoms with Gasteiger partial charge in [0.1, 0.15) is 11.9 Å². The summed E-state index contributed by atoms with van der Waals surface area (Å²) in [5.74, 6) is 1.33. The molecule has 134 valence electrons. The summed E-state index contributed by atoms with van der Waals surface area (Å²) < 4.78 is 0. The number of phenolic OH excluding ortho intramolecular Hbond substituents is 1. The second-order valence-electron chi connectivity index (χ2n) is 8.79. The predicted molar refractivity (Wildman–Crippen MR) is 98.1 cm³/mol. The Morgan fingerprint density at radius 2 is 2.04 bits per heavy atom. The normalized spacial score (nSPS) is 37.5. The number of allylic oxidation sites excluding steroid dienone is 2. The maximum absolute atomic E-state index is 12.8. The first-order valence-electron chi connectivity index (χ1n) is 9.52. The van der Waals surface area contributed by atoms with Gasteiger partial charge in [0, 0.05) is 5.41 Å². The number of aromatic hydroxyl groups is 1. The van der Waals surface area contributed by atoms with Gasteiger partial charge in [-0.25, -0.2) is 0 Å². The van der Waals surface area contributed by atoms with E-state index >= 15 is 0 Å².